The number of hydrogen-bond donors (Lipinski definition) is 3. The van der Waals surface area contributed by atoms with Gasteiger partial charge in [0.1, 0.15) is 0 Å². The van der Waals surface area contributed by atoms with Crippen LogP contribution in [0.3, 0.4) is 0 Å². The second-order valence-corrected chi connectivity index (χ2v) is 6.73. The van der Waals surface area contributed by atoms with Crippen LogP contribution in [0.15, 0.2) is 12.2 Å². The predicted molar refractivity (Wildman–Crippen MR) is 95.4 cm³/mol. The molecule has 0 aromatic heterocycles. The molecule has 4 nitrogen and oxygen atoms in total. The monoisotopic (exact) mass is 336 g/mol. The maximum Gasteiger partial charge on any atom is 0.304 e. The molecule has 1 rings (SSSR count). The Kier molecular flexibility index (Phi) is 10.5. The molecule has 1 aliphatic rings. The van der Waals surface area contributed by atoms with Crippen LogP contribution in [-0.4, -0.2) is 33.5 Å². The van der Waals surface area contributed by atoms with Gasteiger partial charge in [-0.1, -0.05) is 44.8 Å². The quantitative estimate of drug-likeness (QED) is 0.324. The summed E-state index contributed by atoms with van der Waals surface area (Å²) in [5.74, 6) is 5.39. The van der Waals surface area contributed by atoms with Crippen LogP contribution >= 0.6 is 0 Å². The van der Waals surface area contributed by atoms with E-state index in [4.69, 9.17) is 5.11 Å². The first-order valence-electron chi connectivity index (χ1n) is 9.26. The Labute approximate surface area is 146 Å². The smallest absolute Gasteiger partial charge is 0.304 e. The normalized spacial score (nSPS) is 24.7. The number of hydrogen-bond acceptors (Lipinski definition) is 3. The van der Waals surface area contributed by atoms with Gasteiger partial charge < -0.3 is 15.3 Å². The summed E-state index contributed by atoms with van der Waals surface area (Å²) in [6.45, 7) is 2.17. The lowest BCUT2D eigenvalue weighted by atomic mass is 9.91. The lowest BCUT2D eigenvalue weighted by Crippen LogP contribution is -2.18. The number of aliphatic hydroxyl groups is 2. The Morgan fingerprint density at radius 3 is 2.75 bits per heavy atom. The summed E-state index contributed by atoms with van der Waals surface area (Å²) in [4.78, 5) is 10.4. The molecule has 0 aliphatic heterocycles. The summed E-state index contributed by atoms with van der Waals surface area (Å²) in [6, 6.07) is 0. The molecule has 3 N–H and O–H groups in total. The highest BCUT2D eigenvalue weighted by molar-refractivity contribution is 5.66. The predicted octanol–water partition coefficient (Wildman–Crippen LogP) is 3.52. The molecule has 4 unspecified atom stereocenters. The van der Waals surface area contributed by atoms with E-state index in [-0.39, 0.29) is 24.4 Å². The van der Waals surface area contributed by atoms with E-state index in [1.165, 1.54) is 12.8 Å². The van der Waals surface area contributed by atoms with Gasteiger partial charge in [-0.3, -0.25) is 4.79 Å². The van der Waals surface area contributed by atoms with E-state index in [9.17, 15) is 15.0 Å². The lowest BCUT2D eigenvalue weighted by molar-refractivity contribution is -0.136. The minimum absolute atomic E-state index is 0.0633. The number of carboxylic acid groups (broad SMARTS) is 1. The van der Waals surface area contributed by atoms with E-state index in [2.05, 4.69) is 18.8 Å². The van der Waals surface area contributed by atoms with Gasteiger partial charge in [0.2, 0.25) is 0 Å². The van der Waals surface area contributed by atoms with Gasteiger partial charge in [-0.2, -0.15) is 0 Å². The maximum atomic E-state index is 10.4. The highest BCUT2D eigenvalue weighted by Crippen LogP contribution is 2.35. The molecular formula is C20H32O4. The van der Waals surface area contributed by atoms with Crippen LogP contribution in [0.5, 0.6) is 0 Å². The van der Waals surface area contributed by atoms with Crippen molar-refractivity contribution in [1.29, 1.82) is 0 Å². The van der Waals surface area contributed by atoms with Crippen molar-refractivity contribution in [3.05, 3.63) is 12.2 Å². The molecule has 0 bridgehead atoms. The fourth-order valence-electron chi connectivity index (χ4n) is 3.20. The van der Waals surface area contributed by atoms with E-state index in [0.29, 0.717) is 12.8 Å². The van der Waals surface area contributed by atoms with Crippen LogP contribution in [0.2, 0.25) is 0 Å². The van der Waals surface area contributed by atoms with Gasteiger partial charge in [-0.25, -0.2) is 0 Å². The number of aliphatic hydroxyl groups excluding tert-OH is 2. The zero-order valence-corrected chi connectivity index (χ0v) is 14.8. The van der Waals surface area contributed by atoms with Gasteiger partial charge in [0.25, 0.3) is 0 Å². The summed E-state index contributed by atoms with van der Waals surface area (Å²) < 4.78 is 0. The Morgan fingerprint density at radius 2 is 2.04 bits per heavy atom. The molecule has 0 aromatic rings. The van der Waals surface area contributed by atoms with Crippen LogP contribution in [-0.2, 0) is 4.79 Å². The SMILES string of the molecule is CCCCCCC(O)/C=C/C1CCC(O)C1CC#CCCC(=O)O. The van der Waals surface area contributed by atoms with Crippen LogP contribution in [0, 0.1) is 23.7 Å². The molecule has 0 radical (unpaired) electrons. The fourth-order valence-corrected chi connectivity index (χ4v) is 3.20. The molecular weight excluding hydrogens is 304 g/mol. The third-order valence-corrected chi connectivity index (χ3v) is 4.70. The summed E-state index contributed by atoms with van der Waals surface area (Å²) in [6.07, 6.45) is 11.3. The zero-order chi connectivity index (χ0) is 17.8. The summed E-state index contributed by atoms with van der Waals surface area (Å²) >= 11 is 0. The number of carboxylic acids is 1. The Hall–Kier alpha value is -1.31. The largest absolute Gasteiger partial charge is 0.481 e. The van der Waals surface area contributed by atoms with Crippen molar-refractivity contribution < 1.29 is 20.1 Å². The van der Waals surface area contributed by atoms with Gasteiger partial charge in [0, 0.05) is 18.8 Å². The van der Waals surface area contributed by atoms with E-state index in [0.717, 1.165) is 32.1 Å². The molecule has 4 heteroatoms. The minimum atomic E-state index is -0.834. The number of carbonyl (C=O) groups is 1. The molecule has 24 heavy (non-hydrogen) atoms. The van der Waals surface area contributed by atoms with Crippen molar-refractivity contribution in [3.63, 3.8) is 0 Å². The molecule has 0 spiro atoms. The molecule has 1 saturated carbocycles. The number of aliphatic carboxylic acids is 1. The van der Waals surface area contributed by atoms with Crippen molar-refractivity contribution in [1.82, 2.24) is 0 Å². The van der Waals surface area contributed by atoms with Crippen LogP contribution in [0.25, 0.3) is 0 Å². The molecule has 4 atom stereocenters. The van der Waals surface area contributed by atoms with Crippen molar-refractivity contribution in [3.8, 4) is 11.8 Å². The Morgan fingerprint density at radius 1 is 1.25 bits per heavy atom. The fraction of sp³-hybridized carbons (Fsp3) is 0.750. The molecule has 0 saturated heterocycles. The third kappa shape index (κ3) is 8.52. The molecule has 0 amide bonds. The molecule has 0 aromatic carbocycles. The first-order valence-corrected chi connectivity index (χ1v) is 9.26. The summed E-state index contributed by atoms with van der Waals surface area (Å²) in [7, 11) is 0. The van der Waals surface area contributed by atoms with Crippen LogP contribution in [0.1, 0.15) is 71.1 Å². The minimum Gasteiger partial charge on any atom is -0.481 e. The van der Waals surface area contributed by atoms with Crippen molar-refractivity contribution in [2.24, 2.45) is 11.8 Å². The second-order valence-electron chi connectivity index (χ2n) is 6.73. The van der Waals surface area contributed by atoms with Crippen molar-refractivity contribution in [2.45, 2.75) is 83.3 Å². The van der Waals surface area contributed by atoms with Crippen LogP contribution < -0.4 is 0 Å². The van der Waals surface area contributed by atoms with E-state index in [1.54, 1.807) is 0 Å². The van der Waals surface area contributed by atoms with Gasteiger partial charge >= 0.3 is 5.97 Å². The van der Waals surface area contributed by atoms with Crippen molar-refractivity contribution >= 4 is 5.97 Å². The van der Waals surface area contributed by atoms with Gasteiger partial charge in [-0.05, 0) is 25.2 Å². The Bertz CT molecular complexity index is 446. The van der Waals surface area contributed by atoms with E-state index in [1.807, 2.05) is 12.2 Å². The first-order chi connectivity index (χ1) is 11.5. The first kappa shape index (κ1) is 20.7. The highest BCUT2D eigenvalue weighted by atomic mass is 16.4. The highest BCUT2D eigenvalue weighted by Gasteiger charge is 2.32. The van der Waals surface area contributed by atoms with E-state index < -0.39 is 12.1 Å². The Balaban J connectivity index is 2.39. The van der Waals surface area contributed by atoms with Crippen molar-refractivity contribution in [2.75, 3.05) is 0 Å². The average molecular weight is 336 g/mol. The van der Waals surface area contributed by atoms with Gasteiger partial charge in [0.05, 0.1) is 18.6 Å². The number of unbranched alkanes of at least 4 members (excludes halogenated alkanes) is 3. The average Bonchev–Trinajstić information content (AvgIpc) is 2.89. The third-order valence-electron chi connectivity index (χ3n) is 4.70. The molecule has 136 valence electrons. The lowest BCUT2D eigenvalue weighted by Gasteiger charge is -2.17. The van der Waals surface area contributed by atoms with Gasteiger partial charge in [-0.15, -0.1) is 11.8 Å². The standard InChI is InChI=1S/C20H32O4/c1-2-3-4-6-9-17(21)14-12-16-13-15-19(22)18(16)10-7-5-8-11-20(23)24/h12,14,16-19,21-22H,2-4,6,8-11,13,15H2,1H3,(H,23,24)/b14-12+. The number of rotatable bonds is 10. The molecule has 0 heterocycles. The topological polar surface area (TPSA) is 77.8 Å². The van der Waals surface area contributed by atoms with E-state index >= 15 is 0 Å². The second kappa shape index (κ2) is 12.1. The summed E-state index contributed by atoms with van der Waals surface area (Å²) in [5.41, 5.74) is 0. The molecule has 1 aliphatic carbocycles. The van der Waals surface area contributed by atoms with Crippen LogP contribution in [0.4, 0.5) is 0 Å². The summed E-state index contributed by atoms with van der Waals surface area (Å²) in [5, 5.41) is 28.7. The molecule has 1 fully saturated rings. The maximum absolute atomic E-state index is 10.4. The zero-order valence-electron chi connectivity index (χ0n) is 14.8. The van der Waals surface area contributed by atoms with Gasteiger partial charge in [0.15, 0.2) is 0 Å². The number of allylic oxidation sites excluding steroid dienone is 1.